The fraction of sp³-hybridized carbons (Fsp3) is 0.292. The number of urea groups is 1. The van der Waals surface area contributed by atoms with Crippen molar-refractivity contribution < 1.29 is 23.9 Å². The van der Waals surface area contributed by atoms with Crippen molar-refractivity contribution in [2.24, 2.45) is 0 Å². The summed E-state index contributed by atoms with van der Waals surface area (Å²) >= 11 is 0. The first-order valence-corrected chi connectivity index (χ1v) is 10.6. The molecule has 0 radical (unpaired) electrons. The van der Waals surface area contributed by atoms with Crippen LogP contribution in [0.5, 0.6) is 5.75 Å². The molecule has 0 unspecified atom stereocenters. The average Bonchev–Trinajstić information content (AvgIpc) is 3.18. The molecular formula is C24H25N3O5. The van der Waals surface area contributed by atoms with Crippen molar-refractivity contribution >= 4 is 23.6 Å². The SMILES string of the molecule is CCOc1ccccc1[C@@H]1NC(=O)N(CC(=O)Nc2ccccc2CC)C2=C1C(=O)OC2. The van der Waals surface area contributed by atoms with Gasteiger partial charge >= 0.3 is 12.0 Å². The largest absolute Gasteiger partial charge is 0.494 e. The van der Waals surface area contributed by atoms with Gasteiger partial charge in [0.15, 0.2) is 0 Å². The summed E-state index contributed by atoms with van der Waals surface area (Å²) < 4.78 is 10.9. The number of hydrogen-bond acceptors (Lipinski definition) is 5. The van der Waals surface area contributed by atoms with Crippen molar-refractivity contribution in [3.63, 3.8) is 0 Å². The van der Waals surface area contributed by atoms with Crippen LogP contribution in [0.4, 0.5) is 10.5 Å². The monoisotopic (exact) mass is 435 g/mol. The van der Waals surface area contributed by atoms with Crippen LogP contribution in [0.15, 0.2) is 59.8 Å². The highest BCUT2D eigenvalue weighted by Crippen LogP contribution is 2.38. The standard InChI is InChI=1S/C24H25N3O5/c1-3-15-9-5-7-11-17(15)25-20(28)13-27-18-14-32-23(29)21(18)22(26-24(27)30)16-10-6-8-12-19(16)31-4-2/h5-12,22H,3-4,13-14H2,1-2H3,(H,25,28)(H,26,30)/t22-/m0/s1. The fourth-order valence-corrected chi connectivity index (χ4v) is 4.00. The highest BCUT2D eigenvalue weighted by Gasteiger charge is 2.43. The number of rotatable bonds is 7. The molecule has 0 bridgehead atoms. The van der Waals surface area contributed by atoms with Crippen molar-refractivity contribution in [3.8, 4) is 5.75 Å². The van der Waals surface area contributed by atoms with Gasteiger partial charge in [-0.2, -0.15) is 0 Å². The normalized spacial score (nSPS) is 17.6. The number of anilines is 1. The van der Waals surface area contributed by atoms with Gasteiger partial charge in [-0.05, 0) is 31.0 Å². The Labute approximate surface area is 186 Å². The lowest BCUT2D eigenvalue weighted by atomic mass is 9.95. The first-order chi connectivity index (χ1) is 15.5. The lowest BCUT2D eigenvalue weighted by Gasteiger charge is -2.33. The zero-order valence-corrected chi connectivity index (χ0v) is 18.0. The van der Waals surface area contributed by atoms with E-state index in [1.165, 1.54) is 4.90 Å². The van der Waals surface area contributed by atoms with Crippen LogP contribution in [-0.4, -0.2) is 42.6 Å². The first kappa shape index (κ1) is 21.4. The number of carbonyl (C=O) groups excluding carboxylic acids is 3. The topological polar surface area (TPSA) is 97.0 Å². The minimum absolute atomic E-state index is 0.0618. The third-order valence-corrected chi connectivity index (χ3v) is 5.50. The zero-order valence-electron chi connectivity index (χ0n) is 18.0. The second kappa shape index (κ2) is 9.13. The summed E-state index contributed by atoms with van der Waals surface area (Å²) in [5.74, 6) is -0.298. The molecule has 166 valence electrons. The van der Waals surface area contributed by atoms with Crippen molar-refractivity contribution in [3.05, 3.63) is 70.9 Å². The van der Waals surface area contributed by atoms with Crippen LogP contribution in [-0.2, 0) is 20.7 Å². The number of amides is 3. The van der Waals surface area contributed by atoms with Gasteiger partial charge in [0.05, 0.1) is 23.9 Å². The second-order valence-corrected chi connectivity index (χ2v) is 7.43. The van der Waals surface area contributed by atoms with Gasteiger partial charge in [-0.1, -0.05) is 43.3 Å². The molecule has 2 aromatic rings. The smallest absolute Gasteiger partial charge is 0.338 e. The molecule has 2 aliphatic rings. The molecule has 0 saturated carbocycles. The molecule has 32 heavy (non-hydrogen) atoms. The molecule has 8 nitrogen and oxygen atoms in total. The van der Waals surface area contributed by atoms with Crippen LogP contribution in [0.3, 0.4) is 0 Å². The minimum Gasteiger partial charge on any atom is -0.494 e. The van der Waals surface area contributed by atoms with E-state index in [9.17, 15) is 14.4 Å². The highest BCUT2D eigenvalue weighted by molar-refractivity contribution is 6.00. The fourth-order valence-electron chi connectivity index (χ4n) is 4.00. The number of nitrogens with one attached hydrogen (secondary N) is 2. The molecule has 0 saturated heterocycles. The summed E-state index contributed by atoms with van der Waals surface area (Å²) in [5.41, 5.74) is 3.08. The zero-order chi connectivity index (χ0) is 22.7. The van der Waals surface area contributed by atoms with Gasteiger partial charge in [0.1, 0.15) is 18.9 Å². The molecule has 0 fully saturated rings. The van der Waals surface area contributed by atoms with Gasteiger partial charge in [-0.25, -0.2) is 9.59 Å². The molecular weight excluding hydrogens is 410 g/mol. The lowest BCUT2D eigenvalue weighted by Crippen LogP contribution is -2.49. The van der Waals surface area contributed by atoms with E-state index in [-0.39, 0.29) is 19.1 Å². The Balaban J connectivity index is 1.62. The Morgan fingerprint density at radius 3 is 2.69 bits per heavy atom. The number of carbonyl (C=O) groups is 3. The molecule has 8 heteroatoms. The number of para-hydroxylation sites is 2. The van der Waals surface area contributed by atoms with Crippen molar-refractivity contribution in [2.75, 3.05) is 25.1 Å². The number of ether oxygens (including phenoxy) is 2. The summed E-state index contributed by atoms with van der Waals surface area (Å²) in [6.45, 7) is 4.01. The van der Waals surface area contributed by atoms with Crippen molar-refractivity contribution in [1.82, 2.24) is 10.2 Å². The Kier molecular flexibility index (Phi) is 6.11. The first-order valence-electron chi connectivity index (χ1n) is 10.6. The molecule has 4 rings (SSSR count). The van der Waals surface area contributed by atoms with Crippen LogP contribution >= 0.6 is 0 Å². The van der Waals surface area contributed by atoms with E-state index in [1.807, 2.05) is 50.2 Å². The quantitative estimate of drug-likeness (QED) is 0.651. The van der Waals surface area contributed by atoms with Gasteiger partial charge in [-0.3, -0.25) is 9.69 Å². The number of benzene rings is 2. The summed E-state index contributed by atoms with van der Waals surface area (Å²) in [5, 5.41) is 5.70. The van der Waals surface area contributed by atoms with Crippen LogP contribution < -0.4 is 15.4 Å². The van der Waals surface area contributed by atoms with E-state index in [4.69, 9.17) is 9.47 Å². The number of nitrogens with zero attached hydrogens (tertiary/aromatic N) is 1. The molecule has 2 N–H and O–H groups in total. The maximum absolute atomic E-state index is 13.0. The van der Waals surface area contributed by atoms with Gasteiger partial charge in [-0.15, -0.1) is 0 Å². The van der Waals surface area contributed by atoms with Crippen LogP contribution in [0.2, 0.25) is 0 Å². The summed E-state index contributed by atoms with van der Waals surface area (Å²) in [4.78, 5) is 39.6. The predicted molar refractivity (Wildman–Crippen MR) is 118 cm³/mol. The molecule has 0 aliphatic carbocycles. The van der Waals surface area contributed by atoms with E-state index in [2.05, 4.69) is 10.6 Å². The Hall–Kier alpha value is -3.81. The molecule has 2 aromatic carbocycles. The highest BCUT2D eigenvalue weighted by atomic mass is 16.5. The molecule has 2 aliphatic heterocycles. The number of aryl methyl sites for hydroxylation is 1. The predicted octanol–water partition coefficient (Wildman–Crippen LogP) is 3.16. The Bertz CT molecular complexity index is 1090. The molecule has 0 spiro atoms. The molecule has 1 atom stereocenters. The third-order valence-electron chi connectivity index (χ3n) is 5.50. The van der Waals surface area contributed by atoms with Crippen molar-refractivity contribution in [2.45, 2.75) is 26.3 Å². The maximum Gasteiger partial charge on any atom is 0.338 e. The second-order valence-electron chi connectivity index (χ2n) is 7.43. The average molecular weight is 435 g/mol. The number of hydrogen-bond donors (Lipinski definition) is 2. The van der Waals surface area contributed by atoms with Crippen LogP contribution in [0.25, 0.3) is 0 Å². The van der Waals surface area contributed by atoms with E-state index in [0.717, 1.165) is 12.0 Å². The molecule has 3 amide bonds. The minimum atomic E-state index is -0.713. The summed E-state index contributed by atoms with van der Waals surface area (Å²) in [6.07, 6.45) is 0.763. The summed E-state index contributed by atoms with van der Waals surface area (Å²) in [6, 6.07) is 13.5. The summed E-state index contributed by atoms with van der Waals surface area (Å²) in [7, 11) is 0. The molecule has 2 heterocycles. The van der Waals surface area contributed by atoms with Crippen LogP contribution in [0.1, 0.15) is 31.0 Å². The third kappa shape index (κ3) is 4.03. The Morgan fingerprint density at radius 1 is 1.16 bits per heavy atom. The van der Waals surface area contributed by atoms with Crippen LogP contribution in [0, 0.1) is 0 Å². The van der Waals surface area contributed by atoms with Gasteiger partial charge in [0.25, 0.3) is 0 Å². The van der Waals surface area contributed by atoms with E-state index in [0.29, 0.717) is 34.9 Å². The lowest BCUT2D eigenvalue weighted by molar-refractivity contribution is -0.136. The van der Waals surface area contributed by atoms with E-state index < -0.39 is 18.0 Å². The Morgan fingerprint density at radius 2 is 1.91 bits per heavy atom. The number of cyclic esters (lactones) is 1. The van der Waals surface area contributed by atoms with Gasteiger partial charge < -0.3 is 20.1 Å². The molecule has 0 aromatic heterocycles. The number of esters is 1. The van der Waals surface area contributed by atoms with Gasteiger partial charge in [0, 0.05) is 11.3 Å². The van der Waals surface area contributed by atoms with Gasteiger partial charge in [0.2, 0.25) is 5.91 Å². The van der Waals surface area contributed by atoms with Crippen molar-refractivity contribution in [1.29, 1.82) is 0 Å². The van der Waals surface area contributed by atoms with E-state index in [1.54, 1.807) is 12.1 Å². The van der Waals surface area contributed by atoms with E-state index >= 15 is 0 Å². The maximum atomic E-state index is 13.0.